The van der Waals surface area contributed by atoms with Crippen LogP contribution < -0.4 is 4.90 Å². The Kier molecular flexibility index (Phi) is 6.21. The van der Waals surface area contributed by atoms with E-state index in [4.69, 9.17) is 0 Å². The van der Waals surface area contributed by atoms with Crippen molar-refractivity contribution >= 4 is 88.2 Å². The summed E-state index contributed by atoms with van der Waals surface area (Å²) in [4.78, 5) is 3.90. The summed E-state index contributed by atoms with van der Waals surface area (Å²) in [6.07, 6.45) is 4.78. The number of aromatic nitrogens is 1. The second kappa shape index (κ2) is 11.0. The molecule has 2 aromatic heterocycles. The first-order chi connectivity index (χ1) is 24.8. The average Bonchev–Trinajstić information content (AvgIpc) is 3.85. The van der Waals surface area contributed by atoms with Gasteiger partial charge < -0.3 is 9.47 Å². The van der Waals surface area contributed by atoms with Gasteiger partial charge in [0.15, 0.2) is 0 Å². The van der Waals surface area contributed by atoms with Crippen LogP contribution in [0.4, 0.5) is 17.1 Å². The molecule has 0 saturated heterocycles. The Hall–Kier alpha value is -5.55. The van der Waals surface area contributed by atoms with Gasteiger partial charge in [0.1, 0.15) is 0 Å². The van der Waals surface area contributed by atoms with Crippen molar-refractivity contribution in [3.63, 3.8) is 0 Å². The standard InChI is InChI=1S/C46H30N2S2/c1-2-11-30(12-3-1)48-39-17-7-4-13-34(39)36-16-10-18-40(46(36)48)47(32-23-26-43-38(28-32)35-14-5-8-19-41(35)49-43)31-22-24-33-29(27-31)21-25-44-45(33)37-15-6-9-20-42(37)50-44/h1-28,44-45H. The second-order valence-electron chi connectivity index (χ2n) is 13.2. The third-order valence-corrected chi connectivity index (χ3v) is 13.0. The Bertz CT molecular complexity index is 2820. The summed E-state index contributed by atoms with van der Waals surface area (Å²) in [7, 11) is 0. The number of hydrogen-bond acceptors (Lipinski definition) is 3. The third kappa shape index (κ3) is 4.16. The number of thiophene rings is 1. The fourth-order valence-electron chi connectivity index (χ4n) is 8.37. The fourth-order valence-corrected chi connectivity index (χ4v) is 10.8. The largest absolute Gasteiger partial charge is 0.308 e. The van der Waals surface area contributed by atoms with Crippen LogP contribution in [0.25, 0.3) is 53.7 Å². The molecular formula is C46H30N2S2. The molecule has 9 aromatic rings. The van der Waals surface area contributed by atoms with E-state index in [1.165, 1.54) is 63.6 Å². The molecule has 236 valence electrons. The smallest absolute Gasteiger partial charge is 0.0782 e. The first-order valence-electron chi connectivity index (χ1n) is 17.2. The summed E-state index contributed by atoms with van der Waals surface area (Å²) in [6.45, 7) is 0. The number of hydrogen-bond donors (Lipinski definition) is 0. The summed E-state index contributed by atoms with van der Waals surface area (Å²) in [5, 5.41) is 5.54. The zero-order chi connectivity index (χ0) is 32.8. The van der Waals surface area contributed by atoms with Crippen molar-refractivity contribution in [3.05, 3.63) is 180 Å². The van der Waals surface area contributed by atoms with Gasteiger partial charge in [-0.15, -0.1) is 23.1 Å². The van der Waals surface area contributed by atoms with E-state index in [0.29, 0.717) is 11.2 Å². The van der Waals surface area contributed by atoms with Crippen molar-refractivity contribution < 1.29 is 0 Å². The van der Waals surface area contributed by atoms with Gasteiger partial charge in [0.05, 0.1) is 16.7 Å². The number of rotatable bonds is 4. The van der Waals surface area contributed by atoms with E-state index in [0.717, 1.165) is 22.7 Å². The minimum Gasteiger partial charge on any atom is -0.308 e. The van der Waals surface area contributed by atoms with Crippen LogP contribution in [0.1, 0.15) is 22.6 Å². The summed E-state index contributed by atoms with van der Waals surface area (Å²) in [5.41, 5.74) is 11.2. The van der Waals surface area contributed by atoms with Crippen molar-refractivity contribution in [2.75, 3.05) is 4.90 Å². The van der Waals surface area contributed by atoms with Gasteiger partial charge in [0, 0.05) is 64.1 Å². The lowest BCUT2D eigenvalue weighted by molar-refractivity contribution is 0.844. The monoisotopic (exact) mass is 674 g/mol. The highest BCUT2D eigenvalue weighted by Gasteiger charge is 2.36. The van der Waals surface area contributed by atoms with E-state index in [1.54, 1.807) is 0 Å². The van der Waals surface area contributed by atoms with Crippen molar-refractivity contribution in [2.45, 2.75) is 16.1 Å². The Morgan fingerprint density at radius 1 is 0.540 bits per heavy atom. The van der Waals surface area contributed by atoms with Gasteiger partial charge >= 0.3 is 0 Å². The van der Waals surface area contributed by atoms with Gasteiger partial charge in [-0.25, -0.2) is 0 Å². The quantitative estimate of drug-likeness (QED) is 0.184. The van der Waals surface area contributed by atoms with E-state index in [1.807, 2.05) is 23.1 Å². The molecule has 0 radical (unpaired) electrons. The van der Waals surface area contributed by atoms with Gasteiger partial charge in [-0.1, -0.05) is 103 Å². The van der Waals surface area contributed by atoms with Crippen molar-refractivity contribution in [1.29, 1.82) is 0 Å². The molecule has 11 rings (SSSR count). The van der Waals surface area contributed by atoms with Crippen LogP contribution in [0.3, 0.4) is 0 Å². The number of fused-ring (bicyclic) bond motifs is 11. The highest BCUT2D eigenvalue weighted by atomic mass is 32.2. The van der Waals surface area contributed by atoms with Crippen LogP contribution in [0.2, 0.25) is 0 Å². The maximum atomic E-state index is 2.49. The second-order valence-corrected chi connectivity index (χ2v) is 15.5. The van der Waals surface area contributed by atoms with Crippen molar-refractivity contribution in [3.8, 4) is 5.69 Å². The molecule has 2 aliphatic rings. The minimum absolute atomic E-state index is 0.372. The Balaban J connectivity index is 1.19. The molecule has 3 heterocycles. The highest BCUT2D eigenvalue weighted by Crippen LogP contribution is 2.53. The van der Waals surface area contributed by atoms with Crippen LogP contribution in [0, 0.1) is 0 Å². The van der Waals surface area contributed by atoms with Crippen LogP contribution in [0.5, 0.6) is 0 Å². The molecule has 0 spiro atoms. The van der Waals surface area contributed by atoms with Gasteiger partial charge in [-0.3, -0.25) is 0 Å². The molecule has 0 bridgehead atoms. The van der Waals surface area contributed by atoms with Gasteiger partial charge in [0.25, 0.3) is 0 Å². The van der Waals surface area contributed by atoms with E-state index < -0.39 is 0 Å². The fraction of sp³-hybridized carbons (Fsp3) is 0.0435. The highest BCUT2D eigenvalue weighted by molar-refractivity contribution is 8.00. The molecule has 0 saturated carbocycles. The summed E-state index contributed by atoms with van der Waals surface area (Å²) < 4.78 is 5.07. The molecular weight excluding hydrogens is 645 g/mol. The number of anilines is 3. The predicted molar refractivity (Wildman–Crippen MR) is 215 cm³/mol. The molecule has 1 aliphatic heterocycles. The molecule has 2 unspecified atom stereocenters. The van der Waals surface area contributed by atoms with Crippen LogP contribution in [-0.2, 0) is 0 Å². The molecule has 7 aromatic carbocycles. The number of para-hydroxylation sites is 3. The molecule has 4 heteroatoms. The zero-order valence-electron chi connectivity index (χ0n) is 27.0. The van der Waals surface area contributed by atoms with Crippen molar-refractivity contribution in [1.82, 2.24) is 4.57 Å². The topological polar surface area (TPSA) is 8.17 Å². The molecule has 0 amide bonds. The maximum absolute atomic E-state index is 2.49. The van der Waals surface area contributed by atoms with E-state index in [2.05, 4.69) is 179 Å². The number of nitrogens with zero attached hydrogens (tertiary/aromatic N) is 2. The lowest BCUT2D eigenvalue weighted by atomic mass is 9.82. The van der Waals surface area contributed by atoms with E-state index in [-0.39, 0.29) is 0 Å². The third-order valence-electron chi connectivity index (χ3n) is 10.5. The predicted octanol–water partition coefficient (Wildman–Crippen LogP) is 13.3. The normalized spacial score (nSPS) is 16.2. The molecule has 50 heavy (non-hydrogen) atoms. The zero-order valence-corrected chi connectivity index (χ0v) is 28.7. The van der Waals surface area contributed by atoms with Gasteiger partial charge in [0.2, 0.25) is 0 Å². The van der Waals surface area contributed by atoms with Gasteiger partial charge in [-0.05, 0) is 83.4 Å². The molecule has 2 atom stereocenters. The molecule has 2 nitrogen and oxygen atoms in total. The van der Waals surface area contributed by atoms with Crippen LogP contribution >= 0.6 is 23.1 Å². The Morgan fingerprint density at radius 2 is 1.28 bits per heavy atom. The SMILES string of the molecule is C1=CC2Sc3ccccc3C2c2ccc(N(c3ccc4sc5ccccc5c4c3)c3cccc4c5ccccc5n(-c5ccccc5)c34)cc21. The lowest BCUT2D eigenvalue weighted by Crippen LogP contribution is -2.16. The summed E-state index contributed by atoms with van der Waals surface area (Å²) >= 11 is 3.86. The first-order valence-corrected chi connectivity index (χ1v) is 18.9. The molecule has 0 N–H and O–H groups in total. The summed E-state index contributed by atoms with van der Waals surface area (Å²) in [5.74, 6) is 0.372. The molecule has 1 aliphatic carbocycles. The average molecular weight is 675 g/mol. The lowest BCUT2D eigenvalue weighted by Gasteiger charge is -2.30. The van der Waals surface area contributed by atoms with E-state index in [9.17, 15) is 0 Å². The van der Waals surface area contributed by atoms with Crippen LogP contribution in [-0.4, -0.2) is 9.82 Å². The first kappa shape index (κ1) is 28.3. The Morgan fingerprint density at radius 3 is 2.22 bits per heavy atom. The van der Waals surface area contributed by atoms with Crippen molar-refractivity contribution in [2.24, 2.45) is 0 Å². The van der Waals surface area contributed by atoms with Crippen LogP contribution in [0.15, 0.2) is 169 Å². The maximum Gasteiger partial charge on any atom is 0.0782 e. The molecule has 0 fully saturated rings. The minimum atomic E-state index is 0.372. The van der Waals surface area contributed by atoms with Gasteiger partial charge in [-0.2, -0.15) is 0 Å². The number of benzene rings is 7. The number of thioether (sulfide) groups is 1. The van der Waals surface area contributed by atoms with E-state index >= 15 is 0 Å². The summed E-state index contributed by atoms with van der Waals surface area (Å²) in [6, 6.07) is 58.3. The Labute approximate surface area is 298 Å².